The van der Waals surface area contributed by atoms with Crippen molar-refractivity contribution in [1.82, 2.24) is 0 Å². The number of carbonyl (C=O) groups is 2. The van der Waals surface area contributed by atoms with E-state index in [0.29, 0.717) is 12.7 Å². The van der Waals surface area contributed by atoms with Crippen LogP contribution in [0.4, 0.5) is 0 Å². The fraction of sp³-hybridized carbons (Fsp3) is 0.692. The number of carbonyl (C=O) groups excluding carboxylic acids is 2. The number of aliphatic hydroxyl groups is 1. The predicted octanol–water partition coefficient (Wildman–Crippen LogP) is 2.01. The molecule has 1 N–H and O–H groups in total. The number of methoxy groups -OCH3 is 1. The lowest BCUT2D eigenvalue weighted by molar-refractivity contribution is -0.140. The number of unbranched alkanes of at least 4 members (excludes halogenated alkanes) is 4. The molecule has 4 nitrogen and oxygen atoms in total. The first-order valence-electron chi connectivity index (χ1n) is 6.06. The summed E-state index contributed by atoms with van der Waals surface area (Å²) in [6, 6.07) is 0. The average Bonchev–Trinajstić information content (AvgIpc) is 2.32. The van der Waals surface area contributed by atoms with E-state index < -0.39 is 6.10 Å². The fourth-order valence-electron chi connectivity index (χ4n) is 1.42. The van der Waals surface area contributed by atoms with E-state index in [0.717, 1.165) is 32.1 Å². The van der Waals surface area contributed by atoms with Crippen molar-refractivity contribution in [3.63, 3.8) is 0 Å². The number of rotatable bonds is 10. The molecule has 0 saturated heterocycles. The van der Waals surface area contributed by atoms with Gasteiger partial charge in [0.25, 0.3) is 0 Å². The van der Waals surface area contributed by atoms with E-state index >= 15 is 0 Å². The Morgan fingerprint density at radius 3 is 2.65 bits per heavy atom. The lowest BCUT2D eigenvalue weighted by Crippen LogP contribution is -2.01. The highest BCUT2D eigenvalue weighted by Crippen LogP contribution is 2.06. The van der Waals surface area contributed by atoms with Crippen LogP contribution in [0.25, 0.3) is 0 Å². The van der Waals surface area contributed by atoms with Gasteiger partial charge in [0.1, 0.15) is 6.29 Å². The van der Waals surface area contributed by atoms with Crippen LogP contribution in [-0.2, 0) is 14.3 Å². The molecule has 0 aliphatic carbocycles. The molecule has 0 aromatic heterocycles. The molecule has 1 atom stereocenters. The molecule has 17 heavy (non-hydrogen) atoms. The second-order valence-corrected chi connectivity index (χ2v) is 3.93. The van der Waals surface area contributed by atoms with Crippen LogP contribution >= 0.6 is 0 Å². The van der Waals surface area contributed by atoms with Crippen molar-refractivity contribution in [2.75, 3.05) is 7.11 Å². The molecular weight excluding hydrogens is 220 g/mol. The number of ether oxygens (including phenoxy) is 1. The Morgan fingerprint density at radius 2 is 2.00 bits per heavy atom. The highest BCUT2D eigenvalue weighted by molar-refractivity contribution is 5.68. The second kappa shape index (κ2) is 11.3. The number of aldehydes is 1. The number of esters is 1. The summed E-state index contributed by atoms with van der Waals surface area (Å²) in [5.74, 6) is -0.151. The minimum atomic E-state index is -0.646. The Kier molecular flexibility index (Phi) is 10.6. The highest BCUT2D eigenvalue weighted by atomic mass is 16.5. The summed E-state index contributed by atoms with van der Waals surface area (Å²) in [6.45, 7) is 0. The molecule has 98 valence electrons. The summed E-state index contributed by atoms with van der Waals surface area (Å²) in [5.41, 5.74) is 0. The normalized spacial score (nSPS) is 12.6. The van der Waals surface area contributed by atoms with Crippen molar-refractivity contribution in [1.29, 1.82) is 0 Å². The number of hydrogen-bond acceptors (Lipinski definition) is 4. The van der Waals surface area contributed by atoms with Gasteiger partial charge in [-0.25, -0.2) is 0 Å². The van der Waals surface area contributed by atoms with Gasteiger partial charge < -0.3 is 14.6 Å². The van der Waals surface area contributed by atoms with Crippen LogP contribution in [-0.4, -0.2) is 30.6 Å². The molecule has 4 heteroatoms. The number of allylic oxidation sites excluding steroid dienone is 1. The second-order valence-electron chi connectivity index (χ2n) is 3.93. The van der Waals surface area contributed by atoms with Gasteiger partial charge in [-0.15, -0.1) is 0 Å². The minimum Gasteiger partial charge on any atom is -0.469 e. The van der Waals surface area contributed by atoms with Gasteiger partial charge in [0.05, 0.1) is 13.2 Å². The standard InChI is InChI=1S/C13H22O4/c1-17-13(16)9-7-5-3-2-4-6-8-12(15)10-11-14/h6,8,11-12,15H,2-5,7,9-10H2,1H3/b8-6+/t12-/m0/s1. The summed E-state index contributed by atoms with van der Waals surface area (Å²) in [4.78, 5) is 20.9. The summed E-state index contributed by atoms with van der Waals surface area (Å²) < 4.78 is 4.54. The van der Waals surface area contributed by atoms with E-state index in [4.69, 9.17) is 0 Å². The van der Waals surface area contributed by atoms with Crippen molar-refractivity contribution in [2.24, 2.45) is 0 Å². The van der Waals surface area contributed by atoms with Gasteiger partial charge in [-0.2, -0.15) is 0 Å². The van der Waals surface area contributed by atoms with Crippen molar-refractivity contribution in [2.45, 2.75) is 51.0 Å². The Bertz CT molecular complexity index is 236. The van der Waals surface area contributed by atoms with Gasteiger partial charge in [0.2, 0.25) is 0 Å². The van der Waals surface area contributed by atoms with Gasteiger partial charge in [-0.05, 0) is 19.3 Å². The highest BCUT2D eigenvalue weighted by Gasteiger charge is 1.98. The molecule has 0 spiro atoms. The lowest BCUT2D eigenvalue weighted by Gasteiger charge is -2.00. The van der Waals surface area contributed by atoms with Crippen LogP contribution in [0.15, 0.2) is 12.2 Å². The van der Waals surface area contributed by atoms with Gasteiger partial charge in [-0.1, -0.05) is 25.0 Å². The molecule has 0 rings (SSSR count). The summed E-state index contributed by atoms with van der Waals surface area (Å²) >= 11 is 0. The minimum absolute atomic E-state index is 0.151. The van der Waals surface area contributed by atoms with Gasteiger partial charge in [-0.3, -0.25) is 4.79 Å². The molecule has 0 aromatic carbocycles. The molecule has 0 heterocycles. The molecule has 0 fully saturated rings. The quantitative estimate of drug-likeness (QED) is 0.275. The molecule has 0 bridgehead atoms. The van der Waals surface area contributed by atoms with E-state index in [1.807, 2.05) is 6.08 Å². The summed E-state index contributed by atoms with van der Waals surface area (Å²) in [5, 5.41) is 9.21. The smallest absolute Gasteiger partial charge is 0.305 e. The first-order valence-corrected chi connectivity index (χ1v) is 6.06. The zero-order valence-corrected chi connectivity index (χ0v) is 10.4. The monoisotopic (exact) mass is 242 g/mol. The molecule has 0 aromatic rings. The van der Waals surface area contributed by atoms with E-state index in [2.05, 4.69) is 4.74 Å². The van der Waals surface area contributed by atoms with Crippen molar-refractivity contribution in [3.05, 3.63) is 12.2 Å². The van der Waals surface area contributed by atoms with Crippen LogP contribution in [0.5, 0.6) is 0 Å². The molecule has 0 unspecified atom stereocenters. The molecule has 0 saturated carbocycles. The Labute approximate surface area is 103 Å². The van der Waals surface area contributed by atoms with Crippen LogP contribution in [0.3, 0.4) is 0 Å². The van der Waals surface area contributed by atoms with Crippen LogP contribution in [0, 0.1) is 0 Å². The molecule has 0 radical (unpaired) electrons. The van der Waals surface area contributed by atoms with Crippen molar-refractivity contribution >= 4 is 12.3 Å². The van der Waals surface area contributed by atoms with Crippen molar-refractivity contribution in [3.8, 4) is 0 Å². The lowest BCUT2D eigenvalue weighted by atomic mass is 10.1. The summed E-state index contributed by atoms with van der Waals surface area (Å²) in [6.07, 6.45) is 9.14. The maximum Gasteiger partial charge on any atom is 0.305 e. The van der Waals surface area contributed by atoms with E-state index in [1.165, 1.54) is 7.11 Å². The van der Waals surface area contributed by atoms with Crippen LogP contribution < -0.4 is 0 Å². The zero-order chi connectivity index (χ0) is 12.9. The van der Waals surface area contributed by atoms with Crippen LogP contribution in [0.2, 0.25) is 0 Å². The molecule has 0 aliphatic rings. The topological polar surface area (TPSA) is 63.6 Å². The number of aliphatic hydroxyl groups excluding tert-OH is 1. The third kappa shape index (κ3) is 11.1. The zero-order valence-electron chi connectivity index (χ0n) is 10.4. The third-order valence-corrected chi connectivity index (χ3v) is 2.43. The third-order valence-electron chi connectivity index (χ3n) is 2.43. The average molecular weight is 242 g/mol. The van der Waals surface area contributed by atoms with Gasteiger partial charge >= 0.3 is 5.97 Å². The van der Waals surface area contributed by atoms with Gasteiger partial charge in [0.15, 0.2) is 0 Å². The Hall–Kier alpha value is -1.16. The van der Waals surface area contributed by atoms with E-state index in [1.54, 1.807) is 6.08 Å². The Balaban J connectivity index is 3.28. The van der Waals surface area contributed by atoms with E-state index in [-0.39, 0.29) is 12.4 Å². The first-order chi connectivity index (χ1) is 8.20. The molecule has 0 amide bonds. The SMILES string of the molecule is COC(=O)CCCCCC/C=C/[C@H](O)CC=O. The maximum atomic E-state index is 10.8. The largest absolute Gasteiger partial charge is 0.469 e. The van der Waals surface area contributed by atoms with Crippen molar-refractivity contribution < 1.29 is 19.4 Å². The maximum absolute atomic E-state index is 10.8. The Morgan fingerprint density at radius 1 is 1.29 bits per heavy atom. The molecule has 0 aliphatic heterocycles. The summed E-state index contributed by atoms with van der Waals surface area (Å²) in [7, 11) is 1.40. The van der Waals surface area contributed by atoms with E-state index in [9.17, 15) is 14.7 Å². The first kappa shape index (κ1) is 15.8. The predicted molar refractivity (Wildman–Crippen MR) is 65.5 cm³/mol. The van der Waals surface area contributed by atoms with Crippen LogP contribution in [0.1, 0.15) is 44.9 Å². The number of hydrogen-bond donors (Lipinski definition) is 1. The fourth-order valence-corrected chi connectivity index (χ4v) is 1.42. The molecular formula is C13H22O4. The van der Waals surface area contributed by atoms with Gasteiger partial charge in [0, 0.05) is 12.8 Å².